The fraction of sp³-hybridized carbons (Fsp3) is 0.412. The number of hydrogen-bond acceptors (Lipinski definition) is 4. The highest BCUT2D eigenvalue weighted by Crippen LogP contribution is 2.16. The van der Waals surface area contributed by atoms with Gasteiger partial charge in [0.25, 0.3) is 0 Å². The van der Waals surface area contributed by atoms with Crippen LogP contribution in [0.3, 0.4) is 0 Å². The van der Waals surface area contributed by atoms with E-state index in [2.05, 4.69) is 65.2 Å². The van der Waals surface area contributed by atoms with Crippen LogP contribution < -0.4 is 10.2 Å². The molecule has 0 aliphatic heterocycles. The molecule has 0 spiro atoms. The molecule has 0 fully saturated rings. The summed E-state index contributed by atoms with van der Waals surface area (Å²) in [6, 6.07) is 10.8. The molecule has 1 N–H and O–H groups in total. The molecular formula is C17H24N4. The number of anilines is 1. The first-order valence-corrected chi connectivity index (χ1v) is 7.53. The Labute approximate surface area is 127 Å². The molecule has 1 aromatic heterocycles. The second kappa shape index (κ2) is 7.74. The van der Waals surface area contributed by atoms with Crippen molar-refractivity contribution >= 4 is 5.82 Å². The smallest absolute Gasteiger partial charge is 0.147 e. The summed E-state index contributed by atoms with van der Waals surface area (Å²) in [7, 11) is 0. The maximum absolute atomic E-state index is 4.57. The van der Waals surface area contributed by atoms with E-state index in [0.717, 1.165) is 31.1 Å². The lowest BCUT2D eigenvalue weighted by Gasteiger charge is -2.27. The summed E-state index contributed by atoms with van der Waals surface area (Å²) in [5.41, 5.74) is 2.26. The van der Waals surface area contributed by atoms with Crippen molar-refractivity contribution in [2.75, 3.05) is 11.4 Å². The van der Waals surface area contributed by atoms with Gasteiger partial charge in [-0.25, -0.2) is 4.98 Å². The summed E-state index contributed by atoms with van der Waals surface area (Å²) in [5.74, 6) is 0.925. The average molecular weight is 284 g/mol. The van der Waals surface area contributed by atoms with Crippen LogP contribution in [0.4, 0.5) is 5.82 Å². The lowest BCUT2D eigenvalue weighted by atomic mass is 10.2. The van der Waals surface area contributed by atoms with Gasteiger partial charge in [0.2, 0.25) is 0 Å². The van der Waals surface area contributed by atoms with Gasteiger partial charge in [-0.3, -0.25) is 4.98 Å². The maximum Gasteiger partial charge on any atom is 0.147 e. The summed E-state index contributed by atoms with van der Waals surface area (Å²) >= 11 is 0. The number of nitrogens with zero attached hydrogens (tertiary/aromatic N) is 3. The summed E-state index contributed by atoms with van der Waals surface area (Å²) < 4.78 is 0. The normalized spacial score (nSPS) is 10.9. The first-order valence-electron chi connectivity index (χ1n) is 7.53. The van der Waals surface area contributed by atoms with E-state index in [9.17, 15) is 0 Å². The standard InChI is InChI=1S/C17H24N4/c1-4-18-10-16-11-20-17(12-19-16)21(14(2)3)13-15-8-6-5-7-9-15/h5-9,11-12,14,18H,4,10,13H2,1-3H3. The van der Waals surface area contributed by atoms with Crippen LogP contribution in [0.1, 0.15) is 32.0 Å². The SMILES string of the molecule is CCNCc1cnc(N(Cc2ccccc2)C(C)C)cn1. The fourth-order valence-corrected chi connectivity index (χ4v) is 2.15. The quantitative estimate of drug-likeness (QED) is 0.848. The van der Waals surface area contributed by atoms with Crippen molar-refractivity contribution in [3.05, 3.63) is 54.0 Å². The van der Waals surface area contributed by atoms with E-state index >= 15 is 0 Å². The minimum absolute atomic E-state index is 0.374. The number of aromatic nitrogens is 2. The number of rotatable bonds is 7. The third-order valence-electron chi connectivity index (χ3n) is 3.36. The van der Waals surface area contributed by atoms with Gasteiger partial charge in [0, 0.05) is 19.1 Å². The lowest BCUT2D eigenvalue weighted by Crippen LogP contribution is -2.31. The molecule has 0 saturated carbocycles. The van der Waals surface area contributed by atoms with Gasteiger partial charge >= 0.3 is 0 Å². The second-order valence-corrected chi connectivity index (χ2v) is 5.35. The fourth-order valence-electron chi connectivity index (χ4n) is 2.15. The number of hydrogen-bond donors (Lipinski definition) is 1. The molecule has 21 heavy (non-hydrogen) atoms. The Hall–Kier alpha value is -1.94. The minimum Gasteiger partial charge on any atom is -0.349 e. The Morgan fingerprint density at radius 1 is 1.10 bits per heavy atom. The van der Waals surface area contributed by atoms with E-state index in [0.29, 0.717) is 6.04 Å². The summed E-state index contributed by atoms with van der Waals surface area (Å²) in [4.78, 5) is 11.3. The number of benzene rings is 1. The van der Waals surface area contributed by atoms with Crippen molar-refractivity contribution in [2.45, 2.75) is 39.9 Å². The van der Waals surface area contributed by atoms with Crippen molar-refractivity contribution in [1.29, 1.82) is 0 Å². The Morgan fingerprint density at radius 3 is 2.43 bits per heavy atom. The van der Waals surface area contributed by atoms with Gasteiger partial charge in [0.15, 0.2) is 0 Å². The van der Waals surface area contributed by atoms with Gasteiger partial charge in [-0.15, -0.1) is 0 Å². The minimum atomic E-state index is 0.374. The molecule has 0 amide bonds. The van der Waals surface area contributed by atoms with Crippen LogP contribution >= 0.6 is 0 Å². The van der Waals surface area contributed by atoms with E-state index in [1.807, 2.05) is 18.5 Å². The van der Waals surface area contributed by atoms with Crippen LogP contribution in [-0.2, 0) is 13.1 Å². The molecule has 2 aromatic rings. The van der Waals surface area contributed by atoms with E-state index in [1.54, 1.807) is 0 Å². The molecule has 112 valence electrons. The molecule has 4 heteroatoms. The van der Waals surface area contributed by atoms with Crippen molar-refractivity contribution < 1.29 is 0 Å². The lowest BCUT2D eigenvalue weighted by molar-refractivity contribution is 0.664. The molecule has 0 bridgehead atoms. The average Bonchev–Trinajstić information content (AvgIpc) is 2.52. The van der Waals surface area contributed by atoms with Crippen LogP contribution in [0, 0.1) is 0 Å². The Morgan fingerprint density at radius 2 is 1.86 bits per heavy atom. The molecule has 0 saturated heterocycles. The van der Waals surface area contributed by atoms with Gasteiger partial charge in [0.1, 0.15) is 5.82 Å². The zero-order valence-corrected chi connectivity index (χ0v) is 13.1. The highest BCUT2D eigenvalue weighted by atomic mass is 15.2. The van der Waals surface area contributed by atoms with Crippen LogP contribution in [0.2, 0.25) is 0 Å². The summed E-state index contributed by atoms with van der Waals surface area (Å²) in [6.07, 6.45) is 3.73. The summed E-state index contributed by atoms with van der Waals surface area (Å²) in [6.45, 7) is 9.00. The molecule has 1 aromatic carbocycles. The molecule has 2 rings (SSSR count). The van der Waals surface area contributed by atoms with Gasteiger partial charge < -0.3 is 10.2 Å². The zero-order valence-electron chi connectivity index (χ0n) is 13.1. The van der Waals surface area contributed by atoms with E-state index in [4.69, 9.17) is 0 Å². The topological polar surface area (TPSA) is 41.1 Å². The van der Waals surface area contributed by atoms with Crippen LogP contribution in [0.5, 0.6) is 0 Å². The molecule has 0 atom stereocenters. The molecule has 4 nitrogen and oxygen atoms in total. The van der Waals surface area contributed by atoms with Crippen LogP contribution in [0.15, 0.2) is 42.7 Å². The largest absolute Gasteiger partial charge is 0.349 e. The van der Waals surface area contributed by atoms with Gasteiger partial charge in [-0.05, 0) is 26.0 Å². The first-order chi connectivity index (χ1) is 10.2. The molecule has 0 radical (unpaired) electrons. The van der Waals surface area contributed by atoms with E-state index in [1.165, 1.54) is 5.56 Å². The third kappa shape index (κ3) is 4.53. The zero-order chi connectivity index (χ0) is 15.1. The first kappa shape index (κ1) is 15.4. The monoisotopic (exact) mass is 284 g/mol. The Bertz CT molecular complexity index is 522. The molecule has 0 aliphatic carbocycles. The van der Waals surface area contributed by atoms with Gasteiger partial charge in [-0.2, -0.15) is 0 Å². The molecule has 0 aliphatic rings. The summed E-state index contributed by atoms with van der Waals surface area (Å²) in [5, 5.41) is 3.26. The van der Waals surface area contributed by atoms with Crippen LogP contribution in [0.25, 0.3) is 0 Å². The second-order valence-electron chi connectivity index (χ2n) is 5.35. The third-order valence-corrected chi connectivity index (χ3v) is 3.36. The van der Waals surface area contributed by atoms with E-state index < -0.39 is 0 Å². The van der Waals surface area contributed by atoms with Gasteiger partial charge in [0.05, 0.1) is 18.1 Å². The molecule has 1 heterocycles. The molecular weight excluding hydrogens is 260 g/mol. The Kier molecular flexibility index (Phi) is 5.69. The van der Waals surface area contributed by atoms with Crippen molar-refractivity contribution in [2.24, 2.45) is 0 Å². The van der Waals surface area contributed by atoms with Crippen LogP contribution in [-0.4, -0.2) is 22.6 Å². The van der Waals surface area contributed by atoms with Crippen molar-refractivity contribution in [3.8, 4) is 0 Å². The predicted octanol–water partition coefficient (Wildman–Crippen LogP) is 3.00. The van der Waals surface area contributed by atoms with Crippen molar-refractivity contribution in [3.63, 3.8) is 0 Å². The van der Waals surface area contributed by atoms with Gasteiger partial charge in [-0.1, -0.05) is 37.3 Å². The highest BCUT2D eigenvalue weighted by molar-refractivity contribution is 5.38. The predicted molar refractivity (Wildman–Crippen MR) is 87.2 cm³/mol. The Balaban J connectivity index is 2.11. The molecule has 0 unspecified atom stereocenters. The highest BCUT2D eigenvalue weighted by Gasteiger charge is 2.13. The number of nitrogens with one attached hydrogen (secondary N) is 1. The van der Waals surface area contributed by atoms with E-state index in [-0.39, 0.29) is 0 Å². The van der Waals surface area contributed by atoms with Crippen molar-refractivity contribution in [1.82, 2.24) is 15.3 Å². The maximum atomic E-state index is 4.57.